The largest absolute Gasteiger partial charge is 0.461 e. The average Bonchev–Trinajstić information content (AvgIpc) is 3.14. The zero-order valence-electron chi connectivity index (χ0n) is 19.1. The zero-order valence-corrected chi connectivity index (χ0v) is 17.9. The molecule has 5 heterocycles. The van der Waals surface area contributed by atoms with E-state index in [2.05, 4.69) is 15.0 Å². The second-order valence-electron chi connectivity index (χ2n) is 8.91. The number of anilines is 1. The molecule has 4 fully saturated rings. The van der Waals surface area contributed by atoms with Gasteiger partial charge in [0.05, 0.1) is 32.9 Å². The van der Waals surface area contributed by atoms with Crippen LogP contribution >= 0.6 is 11.6 Å². The molecule has 0 aromatic carbocycles. The van der Waals surface area contributed by atoms with Gasteiger partial charge in [0.15, 0.2) is 11.0 Å². The standard InChI is InChI=1S/C21H23ClF3N5O2/c22-18-15(25)16-12(7-26-18)19(30-4-5-31-9-13-14(24)17(13)30)28-20(27-16)32-10-21-2-1-3-29(21)8-11(23)6-21/h7,11,13-14,17H,1-6,8-10H2/t11-,13?,14-,17+,21+/m1/s1/i10D2. The van der Waals surface area contributed by atoms with Gasteiger partial charge in [0.2, 0.25) is 0 Å². The molecule has 1 aliphatic carbocycles. The molecule has 0 bridgehead atoms. The topological polar surface area (TPSA) is 63.6 Å². The van der Waals surface area contributed by atoms with Gasteiger partial charge < -0.3 is 14.4 Å². The van der Waals surface area contributed by atoms with Gasteiger partial charge in [0.25, 0.3) is 0 Å². The molecule has 1 saturated carbocycles. The Morgan fingerprint density at radius 3 is 3.09 bits per heavy atom. The van der Waals surface area contributed by atoms with Crippen molar-refractivity contribution < 1.29 is 25.4 Å². The summed E-state index contributed by atoms with van der Waals surface area (Å²) in [6.45, 7) is -0.754. The van der Waals surface area contributed by atoms with E-state index in [4.69, 9.17) is 23.8 Å². The van der Waals surface area contributed by atoms with Crippen LogP contribution in [0.4, 0.5) is 19.0 Å². The van der Waals surface area contributed by atoms with Gasteiger partial charge in [0.1, 0.15) is 30.2 Å². The fourth-order valence-corrected chi connectivity index (χ4v) is 5.49. The first-order valence-corrected chi connectivity index (χ1v) is 11.2. The summed E-state index contributed by atoms with van der Waals surface area (Å²) in [5, 5.41) is -0.200. The molecule has 0 amide bonds. The molecule has 3 aliphatic heterocycles. The first kappa shape index (κ1) is 18.5. The van der Waals surface area contributed by atoms with Gasteiger partial charge >= 0.3 is 6.01 Å². The van der Waals surface area contributed by atoms with Crippen molar-refractivity contribution in [1.82, 2.24) is 19.9 Å². The van der Waals surface area contributed by atoms with Crippen molar-refractivity contribution in [3.63, 3.8) is 0 Å². The van der Waals surface area contributed by atoms with Crippen molar-refractivity contribution in [2.45, 2.75) is 43.2 Å². The normalized spacial score (nSPS) is 35.8. The summed E-state index contributed by atoms with van der Waals surface area (Å²) in [6, 6.07) is -0.926. The van der Waals surface area contributed by atoms with Gasteiger partial charge in [-0.2, -0.15) is 9.97 Å². The van der Waals surface area contributed by atoms with Crippen molar-refractivity contribution in [2.75, 3.05) is 44.3 Å². The predicted molar refractivity (Wildman–Crippen MR) is 111 cm³/mol. The van der Waals surface area contributed by atoms with E-state index in [1.165, 1.54) is 6.20 Å². The van der Waals surface area contributed by atoms with E-state index in [0.29, 0.717) is 32.5 Å². The summed E-state index contributed by atoms with van der Waals surface area (Å²) in [5.74, 6) is -1.07. The van der Waals surface area contributed by atoms with Crippen LogP contribution in [0.1, 0.15) is 22.0 Å². The number of halogens is 4. The summed E-state index contributed by atoms with van der Waals surface area (Å²) in [5.41, 5.74) is -1.37. The van der Waals surface area contributed by atoms with Crippen molar-refractivity contribution >= 4 is 28.3 Å². The Bertz CT molecular complexity index is 1150. The predicted octanol–water partition coefficient (Wildman–Crippen LogP) is 2.95. The van der Waals surface area contributed by atoms with Crippen LogP contribution in [0.5, 0.6) is 6.01 Å². The van der Waals surface area contributed by atoms with Crippen molar-refractivity contribution in [2.24, 2.45) is 5.92 Å². The van der Waals surface area contributed by atoms with Crippen LogP contribution in [0.15, 0.2) is 6.20 Å². The van der Waals surface area contributed by atoms with Gasteiger partial charge in [-0.05, 0) is 19.4 Å². The highest BCUT2D eigenvalue weighted by molar-refractivity contribution is 6.30. The highest BCUT2D eigenvalue weighted by Gasteiger charge is 2.56. The van der Waals surface area contributed by atoms with E-state index in [9.17, 15) is 13.2 Å². The average molecular weight is 472 g/mol. The Balaban J connectivity index is 1.44. The van der Waals surface area contributed by atoms with Crippen LogP contribution in [-0.2, 0) is 4.74 Å². The summed E-state index contributed by atoms with van der Waals surface area (Å²) in [4.78, 5) is 15.8. The van der Waals surface area contributed by atoms with E-state index >= 15 is 0 Å². The third kappa shape index (κ3) is 3.21. The van der Waals surface area contributed by atoms with Crippen LogP contribution < -0.4 is 9.64 Å². The molecule has 4 aliphatic rings. The van der Waals surface area contributed by atoms with E-state index in [0.717, 1.165) is 0 Å². The highest BCUT2D eigenvalue weighted by atomic mass is 35.5. The fourth-order valence-electron chi connectivity index (χ4n) is 5.35. The number of alkyl halides is 2. The van der Waals surface area contributed by atoms with Gasteiger partial charge in [-0.1, -0.05) is 11.6 Å². The van der Waals surface area contributed by atoms with Crippen LogP contribution in [0.2, 0.25) is 5.15 Å². The SMILES string of the molecule is [2H]C([2H])(Oc1nc(N2CCOCC3[C@@H](F)[C@H]32)c2cnc(Cl)c(F)c2n1)[C@@]12CCCN1C[C@H](F)C2. The van der Waals surface area contributed by atoms with Crippen molar-refractivity contribution in [3.8, 4) is 6.01 Å². The second kappa shape index (κ2) is 7.56. The van der Waals surface area contributed by atoms with E-state index in [-0.39, 0.29) is 42.2 Å². The molecule has 0 spiro atoms. The minimum atomic E-state index is -2.35. The third-order valence-electron chi connectivity index (χ3n) is 6.99. The first-order chi connectivity index (χ1) is 16.2. The van der Waals surface area contributed by atoms with Crippen LogP contribution in [-0.4, -0.2) is 83.2 Å². The molecule has 1 unspecified atom stereocenters. The molecule has 172 valence electrons. The van der Waals surface area contributed by atoms with Crippen LogP contribution in [0, 0.1) is 11.7 Å². The molecule has 0 N–H and O–H groups in total. The minimum absolute atomic E-state index is 0.0126. The third-order valence-corrected chi connectivity index (χ3v) is 7.25. The summed E-state index contributed by atoms with van der Waals surface area (Å²) in [7, 11) is 0. The maximum atomic E-state index is 15.0. The number of fused-ring (bicyclic) bond motifs is 3. The molecule has 2 aromatic rings. The number of pyridine rings is 1. The number of aromatic nitrogens is 3. The lowest BCUT2D eigenvalue weighted by Crippen LogP contribution is -2.43. The lowest BCUT2D eigenvalue weighted by Gasteiger charge is -2.31. The number of hydrogen-bond donors (Lipinski definition) is 0. The number of rotatable bonds is 4. The molecule has 32 heavy (non-hydrogen) atoms. The molecule has 2 aromatic heterocycles. The van der Waals surface area contributed by atoms with Gasteiger partial charge in [0, 0.05) is 31.6 Å². The molecular formula is C21H23ClF3N5O2. The van der Waals surface area contributed by atoms with Crippen molar-refractivity contribution in [3.05, 3.63) is 17.2 Å². The Hall–Kier alpha value is -1.91. The van der Waals surface area contributed by atoms with Crippen LogP contribution in [0.25, 0.3) is 10.9 Å². The summed E-state index contributed by atoms with van der Waals surface area (Å²) >= 11 is 5.89. The number of hydrogen-bond acceptors (Lipinski definition) is 7. The Labute approximate surface area is 190 Å². The van der Waals surface area contributed by atoms with Gasteiger partial charge in [-0.25, -0.2) is 18.2 Å². The summed E-state index contributed by atoms with van der Waals surface area (Å²) < 4.78 is 72.4. The van der Waals surface area contributed by atoms with Crippen molar-refractivity contribution in [1.29, 1.82) is 0 Å². The van der Waals surface area contributed by atoms with E-state index in [1.54, 1.807) is 9.80 Å². The quantitative estimate of drug-likeness (QED) is 0.635. The Kier molecular flexibility index (Phi) is 4.37. The number of ether oxygens (including phenoxy) is 2. The second-order valence-corrected chi connectivity index (χ2v) is 9.27. The Morgan fingerprint density at radius 1 is 1.34 bits per heavy atom. The fraction of sp³-hybridized carbons (Fsp3) is 0.667. The molecule has 0 radical (unpaired) electrons. The Morgan fingerprint density at radius 2 is 2.22 bits per heavy atom. The first-order valence-electron chi connectivity index (χ1n) is 11.8. The monoisotopic (exact) mass is 471 g/mol. The minimum Gasteiger partial charge on any atom is -0.461 e. The molecule has 7 nitrogen and oxygen atoms in total. The maximum absolute atomic E-state index is 15.0. The molecular weight excluding hydrogens is 447 g/mol. The number of nitrogens with zero attached hydrogens (tertiary/aromatic N) is 5. The van der Waals surface area contributed by atoms with Crippen LogP contribution in [0.3, 0.4) is 0 Å². The molecule has 5 atom stereocenters. The maximum Gasteiger partial charge on any atom is 0.319 e. The lowest BCUT2D eigenvalue weighted by atomic mass is 9.95. The lowest BCUT2D eigenvalue weighted by molar-refractivity contribution is 0.107. The molecule has 6 rings (SSSR count). The highest BCUT2D eigenvalue weighted by Crippen LogP contribution is 2.45. The van der Waals surface area contributed by atoms with E-state index < -0.39 is 47.5 Å². The summed E-state index contributed by atoms with van der Waals surface area (Å²) in [6.07, 6.45) is 0.136. The molecule has 3 saturated heterocycles. The van der Waals surface area contributed by atoms with Gasteiger partial charge in [-0.15, -0.1) is 0 Å². The zero-order chi connectivity index (χ0) is 23.8. The van der Waals surface area contributed by atoms with Gasteiger partial charge in [-0.3, -0.25) is 4.90 Å². The smallest absolute Gasteiger partial charge is 0.319 e. The molecule has 11 heteroatoms. The van der Waals surface area contributed by atoms with E-state index in [1.807, 2.05) is 0 Å².